The number of amides is 1. The summed E-state index contributed by atoms with van der Waals surface area (Å²) in [6.45, 7) is 0. The van der Waals surface area contributed by atoms with E-state index in [1.54, 1.807) is 6.08 Å². The summed E-state index contributed by atoms with van der Waals surface area (Å²) in [5.41, 5.74) is 2.21. The summed E-state index contributed by atoms with van der Waals surface area (Å²) < 4.78 is 0. The average Bonchev–Trinajstić information content (AvgIpc) is 2.74. The molecule has 0 aliphatic heterocycles. The van der Waals surface area contributed by atoms with Gasteiger partial charge >= 0.3 is 0 Å². The highest BCUT2D eigenvalue weighted by Crippen LogP contribution is 2.17. The zero-order valence-corrected chi connectivity index (χ0v) is 13.1. The van der Waals surface area contributed by atoms with E-state index in [1.165, 1.54) is 25.7 Å². The number of rotatable bonds is 4. The highest BCUT2D eigenvalue weighted by Gasteiger charge is 2.12. The maximum absolute atomic E-state index is 12.0. The molecule has 1 aliphatic carbocycles. The molecule has 3 heteroatoms. The largest absolute Gasteiger partial charge is 0.378 e. The predicted octanol–water partition coefficient (Wildman–Crippen LogP) is 3.60. The van der Waals surface area contributed by atoms with E-state index in [-0.39, 0.29) is 5.91 Å². The molecule has 1 fully saturated rings. The number of nitrogens with zero attached hydrogens (tertiary/aromatic N) is 1. The minimum Gasteiger partial charge on any atom is -0.378 e. The second-order valence-electron chi connectivity index (χ2n) is 6.02. The van der Waals surface area contributed by atoms with Crippen LogP contribution in [0.4, 0.5) is 5.69 Å². The molecule has 21 heavy (non-hydrogen) atoms. The Morgan fingerprint density at radius 2 is 1.71 bits per heavy atom. The molecule has 1 saturated carbocycles. The van der Waals surface area contributed by atoms with Gasteiger partial charge < -0.3 is 10.2 Å². The third-order valence-electron chi connectivity index (χ3n) is 4.04. The van der Waals surface area contributed by atoms with E-state index in [1.807, 2.05) is 32.3 Å². The summed E-state index contributed by atoms with van der Waals surface area (Å²) in [6.07, 6.45) is 10.9. The quantitative estimate of drug-likeness (QED) is 0.677. The fourth-order valence-corrected chi connectivity index (χ4v) is 2.73. The van der Waals surface area contributed by atoms with Gasteiger partial charge in [-0.05, 0) is 36.6 Å². The molecule has 0 spiro atoms. The first-order chi connectivity index (χ1) is 10.1. The standard InChI is InChI=1S/C18H26N2O/c1-20(2)17-12-9-15(10-13-17)11-14-18(21)19-16-7-5-3-4-6-8-16/h9-14,16H,3-8H2,1-2H3,(H,19,21)/b14-11-. The summed E-state index contributed by atoms with van der Waals surface area (Å²) in [5, 5.41) is 3.12. The lowest BCUT2D eigenvalue weighted by atomic mass is 10.1. The van der Waals surface area contributed by atoms with Crippen LogP contribution < -0.4 is 10.2 Å². The second kappa shape index (κ2) is 7.87. The van der Waals surface area contributed by atoms with E-state index in [4.69, 9.17) is 0 Å². The lowest BCUT2D eigenvalue weighted by Gasteiger charge is -2.14. The Morgan fingerprint density at radius 1 is 1.10 bits per heavy atom. The maximum Gasteiger partial charge on any atom is 0.244 e. The zero-order valence-electron chi connectivity index (χ0n) is 13.1. The Kier molecular flexibility index (Phi) is 5.85. The monoisotopic (exact) mass is 286 g/mol. The molecule has 0 saturated heterocycles. The molecule has 114 valence electrons. The summed E-state index contributed by atoms with van der Waals surface area (Å²) in [7, 11) is 4.04. The first-order valence-corrected chi connectivity index (χ1v) is 7.91. The van der Waals surface area contributed by atoms with Crippen LogP contribution in [-0.2, 0) is 4.79 Å². The number of nitrogens with one attached hydrogen (secondary N) is 1. The van der Waals surface area contributed by atoms with Crippen LogP contribution >= 0.6 is 0 Å². The van der Waals surface area contributed by atoms with Gasteiger partial charge in [-0.1, -0.05) is 37.8 Å². The van der Waals surface area contributed by atoms with Crippen LogP contribution in [0.3, 0.4) is 0 Å². The van der Waals surface area contributed by atoms with Gasteiger partial charge in [-0.2, -0.15) is 0 Å². The maximum atomic E-state index is 12.0. The van der Waals surface area contributed by atoms with Crippen LogP contribution in [0.5, 0.6) is 0 Å². The van der Waals surface area contributed by atoms with Gasteiger partial charge in [0.05, 0.1) is 0 Å². The minimum atomic E-state index is 0.0265. The molecule has 0 aromatic heterocycles. The number of carbonyl (C=O) groups is 1. The molecule has 3 nitrogen and oxygen atoms in total. The fourth-order valence-electron chi connectivity index (χ4n) is 2.73. The van der Waals surface area contributed by atoms with E-state index in [0.717, 1.165) is 24.1 Å². The van der Waals surface area contributed by atoms with Crippen LogP contribution in [0.2, 0.25) is 0 Å². The average molecular weight is 286 g/mol. The zero-order chi connectivity index (χ0) is 15.1. The van der Waals surface area contributed by atoms with Crippen LogP contribution in [0.25, 0.3) is 6.08 Å². The molecule has 1 N–H and O–H groups in total. The van der Waals surface area contributed by atoms with Gasteiger partial charge in [-0.15, -0.1) is 0 Å². The van der Waals surface area contributed by atoms with Gasteiger partial charge in [0, 0.05) is 31.9 Å². The topological polar surface area (TPSA) is 32.3 Å². The number of anilines is 1. The van der Waals surface area contributed by atoms with Crippen LogP contribution in [-0.4, -0.2) is 26.0 Å². The van der Waals surface area contributed by atoms with Crippen molar-refractivity contribution in [2.45, 2.75) is 44.6 Å². The normalized spacial score (nSPS) is 16.7. The van der Waals surface area contributed by atoms with Crippen LogP contribution in [0.1, 0.15) is 44.1 Å². The third kappa shape index (κ3) is 5.25. The molecular formula is C18H26N2O. The SMILES string of the molecule is CN(C)c1ccc(/C=C\C(=O)NC2CCCCCC2)cc1. The van der Waals surface area contributed by atoms with Gasteiger partial charge in [0.15, 0.2) is 0 Å². The molecule has 1 aromatic carbocycles. The van der Waals surface area contributed by atoms with Crippen molar-refractivity contribution in [3.05, 3.63) is 35.9 Å². The van der Waals surface area contributed by atoms with Gasteiger partial charge in [0.2, 0.25) is 5.91 Å². The van der Waals surface area contributed by atoms with Gasteiger partial charge in [0.25, 0.3) is 0 Å². The van der Waals surface area contributed by atoms with Crippen molar-refractivity contribution in [2.24, 2.45) is 0 Å². The second-order valence-corrected chi connectivity index (χ2v) is 6.02. The lowest BCUT2D eigenvalue weighted by molar-refractivity contribution is -0.117. The Hall–Kier alpha value is -1.77. The highest BCUT2D eigenvalue weighted by atomic mass is 16.1. The number of hydrogen-bond acceptors (Lipinski definition) is 2. The van der Waals surface area contributed by atoms with Crippen LogP contribution in [0.15, 0.2) is 30.3 Å². The smallest absolute Gasteiger partial charge is 0.244 e. The van der Waals surface area contributed by atoms with Gasteiger partial charge in [-0.25, -0.2) is 0 Å². The van der Waals surface area contributed by atoms with Crippen molar-refractivity contribution in [1.29, 1.82) is 0 Å². The molecule has 0 heterocycles. The molecule has 0 unspecified atom stereocenters. The van der Waals surface area contributed by atoms with Crippen molar-refractivity contribution in [1.82, 2.24) is 5.32 Å². The molecule has 1 amide bonds. The van der Waals surface area contributed by atoms with Crippen molar-refractivity contribution >= 4 is 17.7 Å². The Labute approximate surface area is 128 Å². The molecule has 0 bridgehead atoms. The van der Waals surface area contributed by atoms with E-state index >= 15 is 0 Å². The highest BCUT2D eigenvalue weighted by molar-refractivity contribution is 5.91. The molecule has 1 aliphatic rings. The Bertz CT molecular complexity index is 468. The molecule has 0 radical (unpaired) electrons. The van der Waals surface area contributed by atoms with Crippen LogP contribution in [0, 0.1) is 0 Å². The van der Waals surface area contributed by atoms with E-state index < -0.39 is 0 Å². The molecule has 1 aromatic rings. The predicted molar refractivity (Wildman–Crippen MR) is 89.4 cm³/mol. The summed E-state index contributed by atoms with van der Waals surface area (Å²) in [6, 6.07) is 8.54. The third-order valence-corrected chi connectivity index (χ3v) is 4.04. The summed E-state index contributed by atoms with van der Waals surface area (Å²) in [5.74, 6) is 0.0265. The molecule has 0 atom stereocenters. The van der Waals surface area contributed by atoms with Crippen molar-refractivity contribution in [2.75, 3.05) is 19.0 Å². The van der Waals surface area contributed by atoms with E-state index in [2.05, 4.69) is 22.3 Å². The van der Waals surface area contributed by atoms with Crippen molar-refractivity contribution in [3.63, 3.8) is 0 Å². The Balaban J connectivity index is 1.86. The minimum absolute atomic E-state index is 0.0265. The lowest BCUT2D eigenvalue weighted by Crippen LogP contribution is -2.33. The first-order valence-electron chi connectivity index (χ1n) is 7.91. The fraction of sp³-hybridized carbons (Fsp3) is 0.500. The van der Waals surface area contributed by atoms with E-state index in [9.17, 15) is 4.79 Å². The summed E-state index contributed by atoms with van der Waals surface area (Å²) >= 11 is 0. The van der Waals surface area contributed by atoms with Crippen molar-refractivity contribution < 1.29 is 4.79 Å². The number of benzene rings is 1. The van der Waals surface area contributed by atoms with Crippen molar-refractivity contribution in [3.8, 4) is 0 Å². The molecule has 2 rings (SSSR count). The first kappa shape index (κ1) is 15.6. The molecular weight excluding hydrogens is 260 g/mol. The summed E-state index contributed by atoms with van der Waals surface area (Å²) in [4.78, 5) is 14.0. The van der Waals surface area contributed by atoms with E-state index in [0.29, 0.717) is 6.04 Å². The Morgan fingerprint density at radius 3 is 2.29 bits per heavy atom. The number of carbonyl (C=O) groups excluding carboxylic acids is 1. The van der Waals surface area contributed by atoms with Gasteiger partial charge in [0.1, 0.15) is 0 Å². The van der Waals surface area contributed by atoms with Gasteiger partial charge in [-0.3, -0.25) is 4.79 Å². The number of hydrogen-bond donors (Lipinski definition) is 1.